The van der Waals surface area contributed by atoms with Crippen LogP contribution in [0.2, 0.25) is 0 Å². The van der Waals surface area contributed by atoms with Crippen LogP contribution in [-0.2, 0) is 16.6 Å². The predicted molar refractivity (Wildman–Crippen MR) is 55.7 cm³/mol. The maximum Gasteiger partial charge on any atom is 0.333 e. The van der Waals surface area contributed by atoms with Gasteiger partial charge in [0.2, 0.25) is 0 Å². The average Bonchev–Trinajstić information content (AvgIpc) is 2.52. The van der Waals surface area contributed by atoms with Crippen molar-refractivity contribution in [3.63, 3.8) is 0 Å². The highest BCUT2D eigenvalue weighted by atomic mass is 16.5. The molecule has 0 saturated heterocycles. The highest BCUT2D eigenvalue weighted by molar-refractivity contribution is 5.92. The summed E-state index contributed by atoms with van der Waals surface area (Å²) in [5, 5.41) is 0. The van der Waals surface area contributed by atoms with Gasteiger partial charge in [-0.3, -0.25) is 0 Å². The monoisotopic (exact) mass is 193 g/mol. The van der Waals surface area contributed by atoms with Crippen molar-refractivity contribution in [2.45, 2.75) is 13.8 Å². The lowest BCUT2D eigenvalue weighted by Crippen LogP contribution is -2.05. The lowest BCUT2D eigenvalue weighted by atomic mass is 10.2. The Morgan fingerprint density at radius 1 is 1.64 bits per heavy atom. The van der Waals surface area contributed by atoms with Gasteiger partial charge in [0, 0.05) is 24.5 Å². The summed E-state index contributed by atoms with van der Waals surface area (Å²) in [4.78, 5) is 11.3. The molecule has 1 rings (SSSR count). The Hall–Kier alpha value is -1.51. The Balaban J connectivity index is 2.78. The van der Waals surface area contributed by atoms with Gasteiger partial charge in [-0.05, 0) is 32.1 Å². The van der Waals surface area contributed by atoms with Crippen molar-refractivity contribution in [1.29, 1.82) is 0 Å². The quantitative estimate of drug-likeness (QED) is 0.543. The third kappa shape index (κ3) is 2.49. The number of nitrogens with zero attached hydrogens (tertiary/aromatic N) is 1. The Bertz CT molecular complexity index is 350. The molecule has 0 bridgehead atoms. The van der Waals surface area contributed by atoms with Crippen molar-refractivity contribution in [3.8, 4) is 0 Å². The summed E-state index contributed by atoms with van der Waals surface area (Å²) in [6.07, 6.45) is 3.75. The number of carbonyl (C=O) groups is 1. The van der Waals surface area contributed by atoms with Crippen molar-refractivity contribution < 1.29 is 9.53 Å². The molecule has 0 aromatic carbocycles. The molecule has 0 radical (unpaired) electrons. The van der Waals surface area contributed by atoms with Crippen LogP contribution in [0, 0.1) is 0 Å². The first-order valence-electron chi connectivity index (χ1n) is 4.62. The van der Waals surface area contributed by atoms with Crippen LogP contribution < -0.4 is 0 Å². The van der Waals surface area contributed by atoms with E-state index in [2.05, 4.69) is 0 Å². The van der Waals surface area contributed by atoms with Gasteiger partial charge in [-0.1, -0.05) is 0 Å². The van der Waals surface area contributed by atoms with E-state index in [1.54, 1.807) is 13.8 Å². The molecule has 0 atom stereocenters. The minimum Gasteiger partial charge on any atom is -0.463 e. The van der Waals surface area contributed by atoms with E-state index in [9.17, 15) is 4.79 Å². The van der Waals surface area contributed by atoms with Gasteiger partial charge in [-0.25, -0.2) is 4.79 Å². The van der Waals surface area contributed by atoms with E-state index in [0.717, 1.165) is 5.69 Å². The van der Waals surface area contributed by atoms with Crippen molar-refractivity contribution >= 4 is 12.0 Å². The first kappa shape index (κ1) is 10.6. The summed E-state index contributed by atoms with van der Waals surface area (Å²) < 4.78 is 6.82. The maximum absolute atomic E-state index is 11.3. The summed E-state index contributed by atoms with van der Waals surface area (Å²) in [5.41, 5.74) is 1.62. The van der Waals surface area contributed by atoms with Gasteiger partial charge in [-0.15, -0.1) is 0 Å². The van der Waals surface area contributed by atoms with E-state index in [4.69, 9.17) is 4.74 Å². The fourth-order valence-corrected chi connectivity index (χ4v) is 1.15. The van der Waals surface area contributed by atoms with E-state index >= 15 is 0 Å². The number of carbonyl (C=O) groups excluding carboxylic acids is 1. The van der Waals surface area contributed by atoms with Crippen LogP contribution in [0.1, 0.15) is 19.5 Å². The van der Waals surface area contributed by atoms with Crippen molar-refractivity contribution in [2.24, 2.45) is 7.05 Å². The summed E-state index contributed by atoms with van der Waals surface area (Å²) in [7, 11) is 1.93. The third-order valence-corrected chi connectivity index (χ3v) is 1.95. The van der Waals surface area contributed by atoms with Gasteiger partial charge in [0.15, 0.2) is 0 Å². The molecular weight excluding hydrogens is 178 g/mol. The molecule has 0 N–H and O–H groups in total. The maximum atomic E-state index is 11.3. The lowest BCUT2D eigenvalue weighted by Gasteiger charge is -2.02. The smallest absolute Gasteiger partial charge is 0.333 e. The predicted octanol–water partition coefficient (Wildman–Crippen LogP) is 1.99. The zero-order valence-electron chi connectivity index (χ0n) is 8.78. The van der Waals surface area contributed by atoms with Gasteiger partial charge in [0.25, 0.3) is 0 Å². The van der Waals surface area contributed by atoms with Crippen LogP contribution >= 0.6 is 0 Å². The third-order valence-electron chi connectivity index (χ3n) is 1.95. The number of aryl methyl sites for hydroxylation is 1. The highest BCUT2D eigenvalue weighted by Crippen LogP contribution is 2.07. The molecule has 0 aliphatic heterocycles. The topological polar surface area (TPSA) is 31.2 Å². The number of hydrogen-bond donors (Lipinski definition) is 0. The van der Waals surface area contributed by atoms with Gasteiger partial charge >= 0.3 is 5.97 Å². The second-order valence-electron chi connectivity index (χ2n) is 3.09. The minimum atomic E-state index is -0.256. The Kier molecular flexibility index (Phi) is 3.51. The molecule has 1 heterocycles. The average molecular weight is 193 g/mol. The van der Waals surface area contributed by atoms with E-state index in [0.29, 0.717) is 12.2 Å². The molecule has 0 amide bonds. The van der Waals surface area contributed by atoms with Gasteiger partial charge in [0.05, 0.1) is 6.61 Å². The lowest BCUT2D eigenvalue weighted by molar-refractivity contribution is -0.138. The van der Waals surface area contributed by atoms with Gasteiger partial charge in [0.1, 0.15) is 0 Å². The standard InChI is InChI=1S/C11H15NO2/c1-4-14-11(13)9(2)8-10-6-5-7-12(10)3/h5-8H,4H2,1-3H3/b9-8+. The molecule has 1 aromatic rings. The second kappa shape index (κ2) is 4.65. The Morgan fingerprint density at radius 2 is 2.36 bits per heavy atom. The van der Waals surface area contributed by atoms with E-state index < -0.39 is 0 Å². The van der Waals surface area contributed by atoms with Crippen LogP contribution in [0.5, 0.6) is 0 Å². The molecule has 0 saturated carbocycles. The van der Waals surface area contributed by atoms with E-state index in [1.807, 2.05) is 36.0 Å². The number of hydrogen-bond acceptors (Lipinski definition) is 2. The highest BCUT2D eigenvalue weighted by Gasteiger charge is 2.04. The zero-order valence-corrected chi connectivity index (χ0v) is 8.78. The Morgan fingerprint density at radius 3 is 2.86 bits per heavy atom. The fraction of sp³-hybridized carbons (Fsp3) is 0.364. The van der Waals surface area contributed by atoms with Gasteiger partial charge in [-0.2, -0.15) is 0 Å². The SMILES string of the molecule is CCOC(=O)/C(C)=C/c1cccn1C. The molecule has 0 aliphatic rings. The molecule has 3 heteroatoms. The van der Waals surface area contributed by atoms with E-state index in [-0.39, 0.29) is 5.97 Å². The number of ether oxygens (including phenoxy) is 1. The molecule has 0 aliphatic carbocycles. The second-order valence-corrected chi connectivity index (χ2v) is 3.09. The molecule has 0 fully saturated rings. The van der Waals surface area contributed by atoms with Crippen molar-refractivity contribution in [2.75, 3.05) is 6.61 Å². The number of aromatic nitrogens is 1. The van der Waals surface area contributed by atoms with Crippen molar-refractivity contribution in [1.82, 2.24) is 4.57 Å². The minimum absolute atomic E-state index is 0.256. The van der Waals surface area contributed by atoms with Crippen LogP contribution in [0.4, 0.5) is 0 Å². The number of rotatable bonds is 3. The molecule has 14 heavy (non-hydrogen) atoms. The molecule has 76 valence electrons. The zero-order chi connectivity index (χ0) is 10.6. The molecule has 3 nitrogen and oxygen atoms in total. The van der Waals surface area contributed by atoms with Crippen LogP contribution in [-0.4, -0.2) is 17.1 Å². The van der Waals surface area contributed by atoms with Crippen LogP contribution in [0.25, 0.3) is 6.08 Å². The Labute approximate surface area is 84.0 Å². The number of esters is 1. The summed E-state index contributed by atoms with van der Waals surface area (Å²) in [5.74, 6) is -0.256. The van der Waals surface area contributed by atoms with Gasteiger partial charge < -0.3 is 9.30 Å². The first-order chi connectivity index (χ1) is 6.65. The van der Waals surface area contributed by atoms with Crippen LogP contribution in [0.3, 0.4) is 0 Å². The summed E-state index contributed by atoms with van der Waals surface area (Å²) in [6.45, 7) is 3.97. The summed E-state index contributed by atoms with van der Waals surface area (Å²) >= 11 is 0. The normalized spacial score (nSPS) is 11.5. The largest absolute Gasteiger partial charge is 0.463 e. The molecule has 1 aromatic heterocycles. The molecule has 0 spiro atoms. The fourth-order valence-electron chi connectivity index (χ4n) is 1.15. The molecular formula is C11H15NO2. The summed E-state index contributed by atoms with van der Waals surface area (Å²) in [6, 6.07) is 3.88. The first-order valence-corrected chi connectivity index (χ1v) is 4.62. The van der Waals surface area contributed by atoms with Crippen LogP contribution in [0.15, 0.2) is 23.9 Å². The van der Waals surface area contributed by atoms with Crippen molar-refractivity contribution in [3.05, 3.63) is 29.6 Å². The molecule has 0 unspecified atom stereocenters. The van der Waals surface area contributed by atoms with E-state index in [1.165, 1.54) is 0 Å².